The van der Waals surface area contributed by atoms with Crippen molar-refractivity contribution in [1.29, 1.82) is 0 Å². The first-order chi connectivity index (χ1) is 15.1. The Kier molecular flexibility index (Phi) is 4.77. The number of nitrogens with zero attached hydrogens (tertiary/aromatic N) is 3. The zero-order valence-corrected chi connectivity index (χ0v) is 17.1. The molecule has 156 valence electrons. The van der Waals surface area contributed by atoms with E-state index in [-0.39, 0.29) is 12.5 Å². The highest BCUT2D eigenvalue weighted by molar-refractivity contribution is 6.04. The Labute approximate surface area is 179 Å². The van der Waals surface area contributed by atoms with Gasteiger partial charge in [0.25, 0.3) is 5.91 Å². The van der Waals surface area contributed by atoms with E-state index in [0.717, 1.165) is 22.5 Å². The summed E-state index contributed by atoms with van der Waals surface area (Å²) in [5, 5.41) is 16.7. The zero-order chi connectivity index (χ0) is 21.4. The van der Waals surface area contributed by atoms with Crippen molar-refractivity contribution in [1.82, 2.24) is 14.6 Å². The molecule has 5 rings (SSSR count). The van der Waals surface area contributed by atoms with Crippen molar-refractivity contribution in [2.45, 2.75) is 18.9 Å². The third-order valence-electron chi connectivity index (χ3n) is 5.54. The standard InChI is InChI=1S/C24H22N4O3/c1-16-13-22-25-21(14-20(28(22)27-16)17-5-3-2-4-6-17)26-23(30)18-7-9-19(10-8-18)24(11-12-29)15-31-24/h2-10,13-14,29H,11-12,15H2,1H3,(H,25,26,30). The summed E-state index contributed by atoms with van der Waals surface area (Å²) < 4.78 is 7.32. The second-order valence-electron chi connectivity index (χ2n) is 7.74. The number of aromatic nitrogens is 3. The molecule has 7 nitrogen and oxygen atoms in total. The number of carbonyl (C=O) groups excluding carboxylic acids is 1. The average Bonchev–Trinajstić information content (AvgIpc) is 3.47. The molecule has 0 bridgehead atoms. The minimum Gasteiger partial charge on any atom is -0.396 e. The number of aliphatic hydroxyl groups is 1. The first kappa shape index (κ1) is 19.4. The molecule has 2 N–H and O–H groups in total. The van der Waals surface area contributed by atoms with Crippen LogP contribution in [-0.4, -0.2) is 38.8 Å². The molecular weight excluding hydrogens is 392 g/mol. The Morgan fingerprint density at radius 3 is 2.58 bits per heavy atom. The van der Waals surface area contributed by atoms with Crippen molar-refractivity contribution in [3.63, 3.8) is 0 Å². The normalized spacial score (nSPS) is 17.6. The fourth-order valence-corrected chi connectivity index (χ4v) is 3.80. The van der Waals surface area contributed by atoms with Crippen LogP contribution in [0.15, 0.2) is 66.7 Å². The molecule has 1 atom stereocenters. The van der Waals surface area contributed by atoms with Crippen molar-refractivity contribution in [2.24, 2.45) is 0 Å². The van der Waals surface area contributed by atoms with Gasteiger partial charge in [-0.15, -0.1) is 0 Å². The number of hydrogen-bond donors (Lipinski definition) is 2. The van der Waals surface area contributed by atoms with Gasteiger partial charge in [0.2, 0.25) is 0 Å². The predicted molar refractivity (Wildman–Crippen MR) is 117 cm³/mol. The number of carbonyl (C=O) groups is 1. The van der Waals surface area contributed by atoms with E-state index < -0.39 is 5.60 Å². The molecule has 1 saturated heterocycles. The predicted octanol–water partition coefficient (Wildman–Crippen LogP) is 3.56. The van der Waals surface area contributed by atoms with Gasteiger partial charge in [0.05, 0.1) is 18.0 Å². The number of aliphatic hydroxyl groups excluding tert-OH is 1. The summed E-state index contributed by atoms with van der Waals surface area (Å²) in [4.78, 5) is 17.4. The van der Waals surface area contributed by atoms with Crippen LogP contribution in [0.3, 0.4) is 0 Å². The topological polar surface area (TPSA) is 92.0 Å². The molecule has 4 aromatic rings. The summed E-state index contributed by atoms with van der Waals surface area (Å²) in [6, 6.07) is 20.9. The molecule has 0 aliphatic carbocycles. The maximum atomic E-state index is 12.9. The Morgan fingerprint density at radius 1 is 1.16 bits per heavy atom. The molecular formula is C24H22N4O3. The van der Waals surface area contributed by atoms with Crippen molar-refractivity contribution in [3.8, 4) is 11.3 Å². The largest absolute Gasteiger partial charge is 0.396 e. The summed E-state index contributed by atoms with van der Waals surface area (Å²) >= 11 is 0. The van der Waals surface area contributed by atoms with Crippen LogP contribution in [0.4, 0.5) is 5.82 Å². The van der Waals surface area contributed by atoms with E-state index in [0.29, 0.717) is 30.1 Å². The maximum absolute atomic E-state index is 12.9. The number of ether oxygens (including phenoxy) is 1. The molecule has 0 radical (unpaired) electrons. The number of amides is 1. The van der Waals surface area contributed by atoms with Crippen LogP contribution in [0, 0.1) is 6.92 Å². The fraction of sp³-hybridized carbons (Fsp3) is 0.208. The molecule has 2 aromatic carbocycles. The molecule has 31 heavy (non-hydrogen) atoms. The van der Waals surface area contributed by atoms with Crippen LogP contribution in [-0.2, 0) is 10.3 Å². The van der Waals surface area contributed by atoms with Crippen LogP contribution >= 0.6 is 0 Å². The third-order valence-corrected chi connectivity index (χ3v) is 5.54. The first-order valence-corrected chi connectivity index (χ1v) is 10.2. The average molecular weight is 414 g/mol. The summed E-state index contributed by atoms with van der Waals surface area (Å²) in [5.41, 5.74) is 4.44. The van der Waals surface area contributed by atoms with Gasteiger partial charge in [-0.25, -0.2) is 9.50 Å². The van der Waals surface area contributed by atoms with Crippen molar-refractivity contribution >= 4 is 17.4 Å². The molecule has 7 heteroatoms. The van der Waals surface area contributed by atoms with Crippen LogP contribution in [0.25, 0.3) is 16.9 Å². The summed E-state index contributed by atoms with van der Waals surface area (Å²) in [6.45, 7) is 2.57. The van der Waals surface area contributed by atoms with Gasteiger partial charge in [0, 0.05) is 36.3 Å². The second-order valence-corrected chi connectivity index (χ2v) is 7.74. The van der Waals surface area contributed by atoms with E-state index >= 15 is 0 Å². The second kappa shape index (κ2) is 7.61. The van der Waals surface area contributed by atoms with E-state index in [2.05, 4.69) is 15.4 Å². The van der Waals surface area contributed by atoms with E-state index in [1.807, 2.05) is 61.5 Å². The van der Waals surface area contributed by atoms with Gasteiger partial charge in [-0.05, 0) is 24.6 Å². The number of hydrogen-bond acceptors (Lipinski definition) is 5. The molecule has 0 spiro atoms. The molecule has 0 saturated carbocycles. The number of rotatable bonds is 6. The lowest BCUT2D eigenvalue weighted by Crippen LogP contribution is -2.15. The van der Waals surface area contributed by atoms with Crippen molar-refractivity contribution in [2.75, 3.05) is 18.5 Å². The zero-order valence-electron chi connectivity index (χ0n) is 17.1. The Hall–Kier alpha value is -3.55. The number of aryl methyl sites for hydroxylation is 1. The molecule has 3 heterocycles. The van der Waals surface area contributed by atoms with E-state index in [4.69, 9.17) is 4.74 Å². The maximum Gasteiger partial charge on any atom is 0.256 e. The summed E-state index contributed by atoms with van der Waals surface area (Å²) in [6.07, 6.45) is 0.551. The van der Waals surface area contributed by atoms with Crippen molar-refractivity contribution in [3.05, 3.63) is 83.6 Å². The smallest absolute Gasteiger partial charge is 0.256 e. The van der Waals surface area contributed by atoms with Gasteiger partial charge < -0.3 is 15.2 Å². The lowest BCUT2D eigenvalue weighted by Gasteiger charge is -2.12. The Morgan fingerprint density at radius 2 is 1.90 bits per heavy atom. The minimum atomic E-state index is -0.402. The van der Waals surface area contributed by atoms with Gasteiger partial charge in [0.1, 0.15) is 11.4 Å². The number of nitrogens with one attached hydrogen (secondary N) is 1. The van der Waals surface area contributed by atoms with Gasteiger partial charge in [-0.3, -0.25) is 4.79 Å². The highest BCUT2D eigenvalue weighted by Crippen LogP contribution is 2.41. The molecule has 1 fully saturated rings. The lowest BCUT2D eigenvalue weighted by molar-refractivity contribution is 0.102. The summed E-state index contributed by atoms with van der Waals surface area (Å²) in [5.74, 6) is 0.217. The third kappa shape index (κ3) is 3.69. The Bertz CT molecular complexity index is 1250. The van der Waals surface area contributed by atoms with Crippen LogP contribution in [0.2, 0.25) is 0 Å². The number of benzene rings is 2. The van der Waals surface area contributed by atoms with Crippen LogP contribution in [0.1, 0.15) is 28.0 Å². The van der Waals surface area contributed by atoms with Gasteiger partial charge in [-0.1, -0.05) is 42.5 Å². The SMILES string of the molecule is Cc1cc2nc(NC(=O)c3ccc(C4(CCO)CO4)cc3)cc(-c3ccccc3)n2n1. The monoisotopic (exact) mass is 414 g/mol. The lowest BCUT2D eigenvalue weighted by atomic mass is 9.96. The van der Waals surface area contributed by atoms with E-state index in [1.54, 1.807) is 16.6 Å². The highest BCUT2D eigenvalue weighted by atomic mass is 16.6. The minimum absolute atomic E-state index is 0.0637. The molecule has 1 amide bonds. The molecule has 2 aromatic heterocycles. The van der Waals surface area contributed by atoms with Crippen LogP contribution < -0.4 is 5.32 Å². The highest BCUT2D eigenvalue weighted by Gasteiger charge is 2.45. The van der Waals surface area contributed by atoms with Gasteiger partial charge in [-0.2, -0.15) is 5.10 Å². The first-order valence-electron chi connectivity index (χ1n) is 10.2. The molecule has 1 unspecified atom stereocenters. The van der Waals surface area contributed by atoms with Crippen molar-refractivity contribution < 1.29 is 14.6 Å². The number of epoxide rings is 1. The van der Waals surface area contributed by atoms with Gasteiger partial charge >= 0.3 is 0 Å². The van der Waals surface area contributed by atoms with E-state index in [9.17, 15) is 9.90 Å². The number of fused-ring (bicyclic) bond motifs is 1. The number of anilines is 1. The molecule has 1 aliphatic heterocycles. The summed E-state index contributed by atoms with van der Waals surface area (Å²) in [7, 11) is 0. The van der Waals surface area contributed by atoms with E-state index in [1.165, 1.54) is 0 Å². The quantitative estimate of drug-likeness (QED) is 0.471. The fourth-order valence-electron chi connectivity index (χ4n) is 3.80. The Balaban J connectivity index is 1.43. The van der Waals surface area contributed by atoms with Gasteiger partial charge in [0.15, 0.2) is 5.65 Å². The van der Waals surface area contributed by atoms with Crippen LogP contribution in [0.5, 0.6) is 0 Å². The molecule has 1 aliphatic rings.